The van der Waals surface area contributed by atoms with Crippen LogP contribution in [0, 0.1) is 0 Å². The third-order valence-electron chi connectivity index (χ3n) is 3.31. The summed E-state index contributed by atoms with van der Waals surface area (Å²) in [5, 5.41) is 17.5. The van der Waals surface area contributed by atoms with E-state index in [1.807, 2.05) is 18.2 Å². The molecular weight excluding hydrogens is 216 g/mol. The molecule has 3 rings (SSSR count). The summed E-state index contributed by atoms with van der Waals surface area (Å²) < 4.78 is 5.90. The van der Waals surface area contributed by atoms with Gasteiger partial charge in [0.15, 0.2) is 0 Å². The highest BCUT2D eigenvalue weighted by atomic mass is 16.5. The zero-order valence-corrected chi connectivity index (χ0v) is 9.60. The van der Waals surface area contributed by atoms with E-state index < -0.39 is 0 Å². The normalized spacial score (nSPS) is 25.0. The molecule has 2 N–H and O–H groups in total. The molecule has 0 radical (unpaired) electrons. The first-order valence-electron chi connectivity index (χ1n) is 6.09. The van der Waals surface area contributed by atoms with E-state index in [1.165, 1.54) is 0 Å². The van der Waals surface area contributed by atoms with Crippen LogP contribution < -0.4 is 4.74 Å². The van der Waals surface area contributed by atoms with Crippen molar-refractivity contribution in [1.82, 2.24) is 10.2 Å². The largest absolute Gasteiger partial charge is 0.490 e. The van der Waals surface area contributed by atoms with E-state index in [1.54, 1.807) is 6.20 Å². The van der Waals surface area contributed by atoms with Crippen LogP contribution in [-0.2, 0) is 0 Å². The van der Waals surface area contributed by atoms with Gasteiger partial charge in [-0.05, 0) is 37.5 Å². The molecule has 0 saturated heterocycles. The zero-order chi connectivity index (χ0) is 11.7. The number of aromatic amines is 1. The van der Waals surface area contributed by atoms with E-state index in [4.69, 9.17) is 4.74 Å². The van der Waals surface area contributed by atoms with Crippen LogP contribution in [0.1, 0.15) is 25.7 Å². The van der Waals surface area contributed by atoms with Crippen LogP contribution in [-0.4, -0.2) is 27.5 Å². The third-order valence-corrected chi connectivity index (χ3v) is 3.31. The molecule has 2 atom stereocenters. The van der Waals surface area contributed by atoms with Gasteiger partial charge in [0.1, 0.15) is 11.9 Å². The summed E-state index contributed by atoms with van der Waals surface area (Å²) in [6, 6.07) is 5.90. The number of hydrogen-bond donors (Lipinski definition) is 2. The van der Waals surface area contributed by atoms with E-state index in [9.17, 15) is 5.11 Å². The van der Waals surface area contributed by atoms with Gasteiger partial charge < -0.3 is 9.84 Å². The molecule has 17 heavy (non-hydrogen) atoms. The fourth-order valence-electron chi connectivity index (χ4n) is 2.41. The Morgan fingerprint density at radius 3 is 3.18 bits per heavy atom. The molecule has 1 aromatic heterocycles. The minimum Gasteiger partial charge on any atom is -0.490 e. The van der Waals surface area contributed by atoms with E-state index in [2.05, 4.69) is 10.2 Å². The molecule has 4 heteroatoms. The Morgan fingerprint density at radius 2 is 2.29 bits per heavy atom. The first-order valence-corrected chi connectivity index (χ1v) is 6.09. The monoisotopic (exact) mass is 232 g/mol. The predicted octanol–water partition coefficient (Wildman–Crippen LogP) is 2.25. The molecule has 1 saturated carbocycles. The Morgan fingerprint density at radius 1 is 1.35 bits per heavy atom. The molecule has 0 aliphatic heterocycles. The Hall–Kier alpha value is -1.55. The molecule has 0 spiro atoms. The van der Waals surface area contributed by atoms with E-state index in [0.717, 1.165) is 42.3 Å². The number of nitrogens with zero attached hydrogens (tertiary/aromatic N) is 1. The van der Waals surface area contributed by atoms with Crippen LogP contribution in [0.5, 0.6) is 5.75 Å². The average Bonchev–Trinajstić information content (AvgIpc) is 2.76. The van der Waals surface area contributed by atoms with E-state index in [0.29, 0.717) is 0 Å². The van der Waals surface area contributed by atoms with Crippen molar-refractivity contribution in [2.24, 2.45) is 0 Å². The van der Waals surface area contributed by atoms with Gasteiger partial charge in [-0.25, -0.2) is 0 Å². The van der Waals surface area contributed by atoms with E-state index in [-0.39, 0.29) is 12.2 Å². The first-order chi connectivity index (χ1) is 8.31. The Labute approximate surface area is 99.6 Å². The fraction of sp³-hybridized carbons (Fsp3) is 0.462. The van der Waals surface area contributed by atoms with Crippen molar-refractivity contribution >= 4 is 10.9 Å². The van der Waals surface area contributed by atoms with Crippen LogP contribution in [0.25, 0.3) is 10.9 Å². The maximum atomic E-state index is 9.60. The number of nitrogens with one attached hydrogen (secondary N) is 1. The SMILES string of the molecule is O[C@@H]1CCC[C@@H](Oc2ccc3[nH]ncc3c2)C1. The average molecular weight is 232 g/mol. The standard InChI is InChI=1S/C13H16N2O2/c16-10-2-1-3-11(7-10)17-12-4-5-13-9(6-12)8-14-15-13/h4-6,8,10-11,16H,1-3,7H2,(H,14,15)/t10-,11-/m1/s1. The summed E-state index contributed by atoms with van der Waals surface area (Å²) in [6.07, 6.45) is 5.44. The Balaban J connectivity index is 1.75. The van der Waals surface area contributed by atoms with Gasteiger partial charge in [-0.15, -0.1) is 0 Å². The number of fused-ring (bicyclic) bond motifs is 1. The minimum atomic E-state index is -0.202. The van der Waals surface area contributed by atoms with Crippen LogP contribution in [0.15, 0.2) is 24.4 Å². The number of H-pyrrole nitrogens is 1. The van der Waals surface area contributed by atoms with Crippen LogP contribution in [0.2, 0.25) is 0 Å². The van der Waals surface area contributed by atoms with Crippen molar-refractivity contribution in [3.63, 3.8) is 0 Å². The van der Waals surface area contributed by atoms with Gasteiger partial charge in [-0.1, -0.05) is 0 Å². The molecule has 1 aliphatic rings. The molecule has 1 fully saturated rings. The minimum absolute atomic E-state index is 0.142. The van der Waals surface area contributed by atoms with Crippen molar-refractivity contribution in [1.29, 1.82) is 0 Å². The van der Waals surface area contributed by atoms with Gasteiger partial charge in [0.25, 0.3) is 0 Å². The Kier molecular flexibility index (Phi) is 2.73. The molecule has 1 aromatic carbocycles. The first kappa shape index (κ1) is 10.6. The molecule has 0 bridgehead atoms. The number of rotatable bonds is 2. The van der Waals surface area contributed by atoms with Crippen LogP contribution in [0.4, 0.5) is 0 Å². The fourth-order valence-corrected chi connectivity index (χ4v) is 2.41. The lowest BCUT2D eigenvalue weighted by Crippen LogP contribution is -2.28. The molecule has 1 heterocycles. The van der Waals surface area contributed by atoms with Gasteiger partial charge >= 0.3 is 0 Å². The van der Waals surface area contributed by atoms with Gasteiger partial charge in [0.05, 0.1) is 17.8 Å². The topological polar surface area (TPSA) is 58.1 Å². The number of aliphatic hydroxyl groups excluding tert-OH is 1. The van der Waals surface area contributed by atoms with Gasteiger partial charge in [-0.3, -0.25) is 5.10 Å². The number of aliphatic hydroxyl groups is 1. The summed E-state index contributed by atoms with van der Waals surface area (Å²) in [5.41, 5.74) is 1.01. The molecular formula is C13H16N2O2. The van der Waals surface area contributed by atoms with Crippen molar-refractivity contribution < 1.29 is 9.84 Å². The lowest BCUT2D eigenvalue weighted by Gasteiger charge is -2.26. The lowest BCUT2D eigenvalue weighted by molar-refractivity contribution is 0.0537. The number of ether oxygens (including phenoxy) is 1. The molecule has 0 amide bonds. The van der Waals surface area contributed by atoms with Crippen molar-refractivity contribution in [2.75, 3.05) is 0 Å². The van der Waals surface area contributed by atoms with Gasteiger partial charge in [0.2, 0.25) is 0 Å². The molecule has 1 aliphatic carbocycles. The molecule has 4 nitrogen and oxygen atoms in total. The summed E-state index contributed by atoms with van der Waals surface area (Å²) in [6.45, 7) is 0. The van der Waals surface area contributed by atoms with Crippen molar-refractivity contribution in [2.45, 2.75) is 37.9 Å². The second-order valence-electron chi connectivity index (χ2n) is 4.68. The lowest BCUT2D eigenvalue weighted by atomic mass is 9.95. The van der Waals surface area contributed by atoms with Crippen LogP contribution >= 0.6 is 0 Å². The highest BCUT2D eigenvalue weighted by molar-refractivity contribution is 5.79. The quantitative estimate of drug-likeness (QED) is 0.834. The van der Waals surface area contributed by atoms with Crippen LogP contribution in [0.3, 0.4) is 0 Å². The molecule has 0 unspecified atom stereocenters. The number of benzene rings is 1. The third kappa shape index (κ3) is 2.26. The molecule has 90 valence electrons. The second-order valence-corrected chi connectivity index (χ2v) is 4.68. The zero-order valence-electron chi connectivity index (χ0n) is 9.60. The predicted molar refractivity (Wildman–Crippen MR) is 65.0 cm³/mol. The number of hydrogen-bond acceptors (Lipinski definition) is 3. The smallest absolute Gasteiger partial charge is 0.120 e. The van der Waals surface area contributed by atoms with E-state index >= 15 is 0 Å². The summed E-state index contributed by atoms with van der Waals surface area (Å²) in [5.74, 6) is 0.859. The highest BCUT2D eigenvalue weighted by Crippen LogP contribution is 2.25. The summed E-state index contributed by atoms with van der Waals surface area (Å²) >= 11 is 0. The summed E-state index contributed by atoms with van der Waals surface area (Å²) in [7, 11) is 0. The summed E-state index contributed by atoms with van der Waals surface area (Å²) in [4.78, 5) is 0. The van der Waals surface area contributed by atoms with Gasteiger partial charge in [0, 0.05) is 11.8 Å². The Bertz CT molecular complexity index is 509. The maximum absolute atomic E-state index is 9.60. The maximum Gasteiger partial charge on any atom is 0.120 e. The second kappa shape index (κ2) is 4.37. The molecule has 2 aromatic rings. The number of aromatic nitrogens is 2. The highest BCUT2D eigenvalue weighted by Gasteiger charge is 2.21. The van der Waals surface area contributed by atoms with Crippen molar-refractivity contribution in [3.05, 3.63) is 24.4 Å². The van der Waals surface area contributed by atoms with Gasteiger partial charge in [-0.2, -0.15) is 5.10 Å². The van der Waals surface area contributed by atoms with Crippen molar-refractivity contribution in [3.8, 4) is 5.75 Å².